The predicted octanol–water partition coefficient (Wildman–Crippen LogP) is 0.702. The van der Waals surface area contributed by atoms with Gasteiger partial charge in [-0.3, -0.25) is 14.4 Å². The Morgan fingerprint density at radius 1 is 1.53 bits per heavy atom. The van der Waals surface area contributed by atoms with Crippen molar-refractivity contribution in [3.63, 3.8) is 0 Å². The molecule has 6 heteroatoms. The van der Waals surface area contributed by atoms with E-state index in [1.165, 1.54) is 23.2 Å². The highest BCUT2D eigenvalue weighted by atomic mass is 16.4. The Kier molecular flexibility index (Phi) is 3.42. The summed E-state index contributed by atoms with van der Waals surface area (Å²) in [5.41, 5.74) is -0.900. The number of aliphatic carboxylic acids is 1. The van der Waals surface area contributed by atoms with Crippen LogP contribution >= 0.6 is 0 Å². The standard InChI is InChI=1S/C13H16N2O4/c1-2-13(12(18)19)4-6-15(8-13)11(17)9-3-5-14-10(16)7-9/h3,5,7H,2,4,6,8H2,1H3,(H,14,16)(H,18,19). The van der Waals surface area contributed by atoms with Crippen molar-refractivity contribution >= 4 is 11.9 Å². The number of likely N-dealkylation sites (tertiary alicyclic amines) is 1. The Balaban J connectivity index is 2.19. The molecule has 102 valence electrons. The molecule has 1 aliphatic heterocycles. The van der Waals surface area contributed by atoms with E-state index in [9.17, 15) is 19.5 Å². The molecule has 1 atom stereocenters. The van der Waals surface area contributed by atoms with Crippen LogP contribution in [0.25, 0.3) is 0 Å². The first-order valence-electron chi connectivity index (χ1n) is 6.20. The maximum Gasteiger partial charge on any atom is 0.311 e. The van der Waals surface area contributed by atoms with Gasteiger partial charge in [-0.05, 0) is 18.9 Å². The number of carbonyl (C=O) groups is 2. The maximum atomic E-state index is 12.2. The molecule has 2 N–H and O–H groups in total. The molecule has 1 aromatic heterocycles. The lowest BCUT2D eigenvalue weighted by atomic mass is 9.84. The fraction of sp³-hybridized carbons (Fsp3) is 0.462. The van der Waals surface area contributed by atoms with E-state index in [4.69, 9.17) is 0 Å². The molecule has 6 nitrogen and oxygen atoms in total. The van der Waals surface area contributed by atoms with Gasteiger partial charge in [-0.2, -0.15) is 0 Å². The molecule has 0 spiro atoms. The number of hydrogen-bond acceptors (Lipinski definition) is 3. The van der Waals surface area contributed by atoms with E-state index < -0.39 is 11.4 Å². The number of pyridine rings is 1. The zero-order chi connectivity index (χ0) is 14.0. The first kappa shape index (κ1) is 13.3. The maximum absolute atomic E-state index is 12.2. The van der Waals surface area contributed by atoms with Gasteiger partial charge in [-0.1, -0.05) is 6.92 Å². The molecule has 1 fully saturated rings. The van der Waals surface area contributed by atoms with E-state index in [1.54, 1.807) is 0 Å². The summed E-state index contributed by atoms with van der Waals surface area (Å²) >= 11 is 0. The third-order valence-corrected chi connectivity index (χ3v) is 3.79. The monoisotopic (exact) mass is 264 g/mol. The summed E-state index contributed by atoms with van der Waals surface area (Å²) in [6, 6.07) is 2.76. The van der Waals surface area contributed by atoms with E-state index in [2.05, 4.69) is 4.98 Å². The second-order valence-corrected chi connectivity index (χ2v) is 4.86. The van der Waals surface area contributed by atoms with Crippen molar-refractivity contribution in [2.75, 3.05) is 13.1 Å². The smallest absolute Gasteiger partial charge is 0.311 e. The Morgan fingerprint density at radius 3 is 2.79 bits per heavy atom. The SMILES string of the molecule is CCC1(C(=O)O)CCN(C(=O)c2cc[nH]c(=O)c2)C1. The average molecular weight is 264 g/mol. The molecule has 0 aromatic carbocycles. The number of carboxylic acids is 1. The number of amides is 1. The van der Waals surface area contributed by atoms with Crippen LogP contribution < -0.4 is 5.56 Å². The highest BCUT2D eigenvalue weighted by molar-refractivity contribution is 5.94. The van der Waals surface area contributed by atoms with Crippen LogP contribution in [0.2, 0.25) is 0 Å². The second kappa shape index (κ2) is 4.87. The van der Waals surface area contributed by atoms with Crippen LogP contribution in [0.5, 0.6) is 0 Å². The Hall–Kier alpha value is -2.11. The van der Waals surface area contributed by atoms with Gasteiger partial charge in [-0.15, -0.1) is 0 Å². The number of H-pyrrole nitrogens is 1. The average Bonchev–Trinajstić information content (AvgIpc) is 2.83. The van der Waals surface area contributed by atoms with Gasteiger partial charge in [0.1, 0.15) is 0 Å². The van der Waals surface area contributed by atoms with Gasteiger partial charge in [0.2, 0.25) is 5.56 Å². The summed E-state index contributed by atoms with van der Waals surface area (Å²) in [5.74, 6) is -1.15. The minimum absolute atomic E-state index is 0.199. The molecule has 1 aliphatic rings. The summed E-state index contributed by atoms with van der Waals surface area (Å²) < 4.78 is 0. The number of nitrogens with zero attached hydrogens (tertiary/aromatic N) is 1. The largest absolute Gasteiger partial charge is 0.481 e. The lowest BCUT2D eigenvalue weighted by molar-refractivity contribution is -0.148. The number of rotatable bonds is 3. The molecule has 1 saturated heterocycles. The molecule has 0 radical (unpaired) electrons. The van der Waals surface area contributed by atoms with Crippen molar-refractivity contribution in [1.82, 2.24) is 9.88 Å². The Labute approximate surface area is 110 Å². The van der Waals surface area contributed by atoms with Gasteiger partial charge in [0.15, 0.2) is 0 Å². The normalized spacial score (nSPS) is 22.5. The zero-order valence-corrected chi connectivity index (χ0v) is 10.7. The first-order valence-corrected chi connectivity index (χ1v) is 6.20. The highest BCUT2D eigenvalue weighted by Crippen LogP contribution is 2.34. The van der Waals surface area contributed by atoms with E-state index in [0.717, 1.165) is 0 Å². The zero-order valence-electron chi connectivity index (χ0n) is 10.7. The van der Waals surface area contributed by atoms with Gasteiger partial charge in [0.25, 0.3) is 5.91 Å². The van der Waals surface area contributed by atoms with Crippen LogP contribution in [0.4, 0.5) is 0 Å². The Bertz CT molecular complexity index is 566. The molecule has 19 heavy (non-hydrogen) atoms. The van der Waals surface area contributed by atoms with Gasteiger partial charge in [0, 0.05) is 30.9 Å². The van der Waals surface area contributed by atoms with E-state index >= 15 is 0 Å². The number of nitrogens with one attached hydrogen (secondary N) is 1. The van der Waals surface area contributed by atoms with Gasteiger partial charge >= 0.3 is 5.97 Å². The van der Waals surface area contributed by atoms with Gasteiger partial charge < -0.3 is 15.0 Å². The van der Waals surface area contributed by atoms with Crippen LogP contribution in [0, 0.1) is 5.41 Å². The molecule has 0 bridgehead atoms. The van der Waals surface area contributed by atoms with Crippen LogP contribution in [-0.2, 0) is 4.79 Å². The fourth-order valence-corrected chi connectivity index (χ4v) is 2.42. The minimum Gasteiger partial charge on any atom is -0.481 e. The van der Waals surface area contributed by atoms with Crippen molar-refractivity contribution < 1.29 is 14.7 Å². The van der Waals surface area contributed by atoms with Crippen molar-refractivity contribution in [2.45, 2.75) is 19.8 Å². The number of aromatic nitrogens is 1. The van der Waals surface area contributed by atoms with Crippen molar-refractivity contribution in [1.29, 1.82) is 0 Å². The third-order valence-electron chi connectivity index (χ3n) is 3.79. The lowest BCUT2D eigenvalue weighted by Crippen LogP contribution is -2.36. The fourth-order valence-electron chi connectivity index (χ4n) is 2.42. The summed E-state index contributed by atoms with van der Waals surface area (Å²) in [6.45, 7) is 2.42. The van der Waals surface area contributed by atoms with Gasteiger partial charge in [0.05, 0.1) is 5.41 Å². The van der Waals surface area contributed by atoms with Crippen LogP contribution in [0.15, 0.2) is 23.1 Å². The quantitative estimate of drug-likeness (QED) is 0.840. The van der Waals surface area contributed by atoms with Crippen molar-refractivity contribution in [3.05, 3.63) is 34.2 Å². The lowest BCUT2D eigenvalue weighted by Gasteiger charge is -2.23. The number of hydrogen-bond donors (Lipinski definition) is 2. The summed E-state index contributed by atoms with van der Waals surface area (Å²) in [5, 5.41) is 9.29. The molecule has 2 heterocycles. The first-order chi connectivity index (χ1) is 8.98. The number of carboxylic acid groups (broad SMARTS) is 1. The summed E-state index contributed by atoms with van der Waals surface area (Å²) in [7, 11) is 0. The molecule has 1 unspecified atom stereocenters. The van der Waals surface area contributed by atoms with Crippen LogP contribution in [0.1, 0.15) is 30.1 Å². The highest BCUT2D eigenvalue weighted by Gasteiger charge is 2.44. The van der Waals surface area contributed by atoms with Crippen molar-refractivity contribution in [3.8, 4) is 0 Å². The molecule has 0 aliphatic carbocycles. The molecule has 1 amide bonds. The van der Waals surface area contributed by atoms with E-state index in [-0.39, 0.29) is 18.0 Å². The molecule has 2 rings (SSSR count). The topological polar surface area (TPSA) is 90.5 Å². The molecular weight excluding hydrogens is 248 g/mol. The van der Waals surface area contributed by atoms with Gasteiger partial charge in [-0.25, -0.2) is 0 Å². The second-order valence-electron chi connectivity index (χ2n) is 4.86. The summed E-state index contributed by atoms with van der Waals surface area (Å²) in [4.78, 5) is 38.7. The van der Waals surface area contributed by atoms with Crippen LogP contribution in [0.3, 0.4) is 0 Å². The van der Waals surface area contributed by atoms with Crippen LogP contribution in [-0.4, -0.2) is 40.0 Å². The van der Waals surface area contributed by atoms with Crippen molar-refractivity contribution in [2.24, 2.45) is 5.41 Å². The summed E-state index contributed by atoms with van der Waals surface area (Å²) in [6.07, 6.45) is 2.35. The molecule has 1 aromatic rings. The van der Waals surface area contributed by atoms with E-state index in [0.29, 0.717) is 24.9 Å². The van der Waals surface area contributed by atoms with E-state index in [1.807, 2.05) is 6.92 Å². The molecule has 0 saturated carbocycles. The predicted molar refractivity (Wildman–Crippen MR) is 67.9 cm³/mol. The third kappa shape index (κ3) is 2.38. The number of carbonyl (C=O) groups excluding carboxylic acids is 1. The number of aromatic amines is 1. The Morgan fingerprint density at radius 2 is 2.26 bits per heavy atom. The molecular formula is C13H16N2O4. The minimum atomic E-state index is -0.865.